The first-order valence-electron chi connectivity index (χ1n) is 2.96. The van der Waals surface area contributed by atoms with Crippen LogP contribution in [0.3, 0.4) is 0 Å². The summed E-state index contributed by atoms with van der Waals surface area (Å²) in [4.78, 5) is 0. The van der Waals surface area contributed by atoms with Crippen molar-refractivity contribution in [3.8, 4) is 0 Å². The smallest absolute Gasteiger partial charge is 0.111 e. The molecule has 3 nitrogen and oxygen atoms in total. The highest BCUT2D eigenvalue weighted by molar-refractivity contribution is 7.51. The van der Waals surface area contributed by atoms with E-state index in [9.17, 15) is 0 Å². The van der Waals surface area contributed by atoms with Crippen LogP contribution >= 0.6 is 8.37 Å². The fourth-order valence-electron chi connectivity index (χ4n) is 1.05. The van der Waals surface area contributed by atoms with Gasteiger partial charge in [-0.1, -0.05) is 0 Å². The molecule has 0 radical (unpaired) electrons. The molecule has 0 aromatic rings. The third-order valence-corrected chi connectivity index (χ3v) is 3.11. The second-order valence-corrected chi connectivity index (χ2v) is 3.91. The van der Waals surface area contributed by atoms with Gasteiger partial charge in [0.1, 0.15) is 8.37 Å². The van der Waals surface area contributed by atoms with Crippen molar-refractivity contribution in [2.24, 2.45) is 5.92 Å². The normalized spacial score (nSPS) is 45.0. The van der Waals surface area contributed by atoms with Crippen molar-refractivity contribution in [2.75, 3.05) is 19.6 Å². The molecule has 8 heavy (non-hydrogen) atoms. The van der Waals surface area contributed by atoms with Gasteiger partial charge in [-0.05, 0) is 5.92 Å². The fraction of sp³-hybridized carbons (Fsp3) is 1.00. The van der Waals surface area contributed by atoms with Crippen molar-refractivity contribution in [1.82, 2.24) is 15.3 Å². The van der Waals surface area contributed by atoms with Gasteiger partial charge in [-0.15, -0.1) is 0 Å². The molecule has 0 spiro atoms. The maximum atomic E-state index is 3.36. The van der Waals surface area contributed by atoms with Gasteiger partial charge in [0.05, 0.1) is 0 Å². The standard InChI is InChI=1S/C4H10N3P/c1-4-2-6-8(5-1)7-3-4/h4-7H,1-3H2. The summed E-state index contributed by atoms with van der Waals surface area (Å²) >= 11 is 0. The highest BCUT2D eigenvalue weighted by atomic mass is 31.1. The topological polar surface area (TPSA) is 36.1 Å². The van der Waals surface area contributed by atoms with E-state index in [4.69, 9.17) is 0 Å². The summed E-state index contributed by atoms with van der Waals surface area (Å²) < 4.78 is 0. The molecule has 2 bridgehead atoms. The van der Waals surface area contributed by atoms with Gasteiger partial charge in [0, 0.05) is 19.6 Å². The summed E-state index contributed by atoms with van der Waals surface area (Å²) in [5, 5.41) is 10.1. The molecule has 3 heterocycles. The molecule has 3 rings (SSSR count). The highest BCUT2D eigenvalue weighted by Crippen LogP contribution is 2.28. The van der Waals surface area contributed by atoms with Gasteiger partial charge >= 0.3 is 0 Å². The molecule has 3 aliphatic rings. The van der Waals surface area contributed by atoms with E-state index in [0.29, 0.717) is 0 Å². The van der Waals surface area contributed by atoms with Crippen LogP contribution in [0.5, 0.6) is 0 Å². The Hall–Kier alpha value is 0.310. The molecule has 3 saturated heterocycles. The average Bonchev–Trinajstić information content (AvgIpc) is 1.92. The lowest BCUT2D eigenvalue weighted by molar-refractivity contribution is 0.450. The van der Waals surface area contributed by atoms with Gasteiger partial charge in [0.2, 0.25) is 0 Å². The summed E-state index contributed by atoms with van der Waals surface area (Å²) in [6, 6.07) is 0. The Kier molecular flexibility index (Phi) is 1.23. The fourth-order valence-corrected chi connectivity index (χ4v) is 2.70. The summed E-state index contributed by atoms with van der Waals surface area (Å²) in [5.41, 5.74) is 0. The summed E-state index contributed by atoms with van der Waals surface area (Å²) in [6.07, 6.45) is 0. The molecule has 3 fully saturated rings. The van der Waals surface area contributed by atoms with Crippen LogP contribution in [0.4, 0.5) is 0 Å². The first kappa shape index (κ1) is 5.12. The summed E-state index contributed by atoms with van der Waals surface area (Å²) in [6.45, 7) is 3.64. The molecule has 4 heteroatoms. The first-order chi connectivity index (χ1) is 3.95. The van der Waals surface area contributed by atoms with Crippen LogP contribution in [0.1, 0.15) is 0 Å². The van der Waals surface area contributed by atoms with Crippen LogP contribution in [-0.4, -0.2) is 19.6 Å². The van der Waals surface area contributed by atoms with Crippen LogP contribution in [0, 0.1) is 5.92 Å². The largest absolute Gasteiger partial charge is 0.271 e. The molecule has 3 N–H and O–H groups in total. The first-order valence-corrected chi connectivity index (χ1v) is 4.30. The molecular weight excluding hydrogens is 121 g/mol. The predicted molar refractivity (Wildman–Crippen MR) is 34.4 cm³/mol. The molecule has 0 aromatic heterocycles. The monoisotopic (exact) mass is 131 g/mol. The molecule has 46 valence electrons. The maximum Gasteiger partial charge on any atom is 0.111 e. The van der Waals surface area contributed by atoms with E-state index in [1.165, 1.54) is 19.6 Å². The van der Waals surface area contributed by atoms with Crippen molar-refractivity contribution in [3.05, 3.63) is 0 Å². The quantitative estimate of drug-likeness (QED) is 0.392. The van der Waals surface area contributed by atoms with Crippen molar-refractivity contribution in [1.29, 1.82) is 0 Å². The molecule has 0 atom stereocenters. The van der Waals surface area contributed by atoms with Gasteiger partial charge < -0.3 is 0 Å². The van der Waals surface area contributed by atoms with Crippen molar-refractivity contribution in [3.63, 3.8) is 0 Å². The minimum Gasteiger partial charge on any atom is -0.271 e. The molecule has 0 saturated carbocycles. The van der Waals surface area contributed by atoms with Gasteiger partial charge in [-0.3, -0.25) is 15.3 Å². The van der Waals surface area contributed by atoms with Crippen LogP contribution in [0.2, 0.25) is 0 Å². The Morgan fingerprint density at radius 3 is 1.62 bits per heavy atom. The van der Waals surface area contributed by atoms with Gasteiger partial charge in [0.25, 0.3) is 0 Å². The Balaban J connectivity index is 2.03. The van der Waals surface area contributed by atoms with E-state index < -0.39 is 0 Å². The molecule has 0 aromatic carbocycles. The molecule has 3 aliphatic heterocycles. The van der Waals surface area contributed by atoms with Gasteiger partial charge in [-0.25, -0.2) is 0 Å². The van der Waals surface area contributed by atoms with Gasteiger partial charge in [0.15, 0.2) is 0 Å². The predicted octanol–water partition coefficient (Wildman–Crippen LogP) is -0.375. The van der Waals surface area contributed by atoms with E-state index in [2.05, 4.69) is 15.3 Å². The molecule has 0 amide bonds. The van der Waals surface area contributed by atoms with E-state index in [1.54, 1.807) is 0 Å². The molecule has 0 unspecified atom stereocenters. The maximum absolute atomic E-state index is 3.36. The Morgan fingerprint density at radius 2 is 1.50 bits per heavy atom. The van der Waals surface area contributed by atoms with Gasteiger partial charge in [-0.2, -0.15) is 0 Å². The van der Waals surface area contributed by atoms with Crippen LogP contribution in [-0.2, 0) is 0 Å². The molecular formula is C4H10N3P. The SMILES string of the molecule is C1NP2NCC1CN2. The van der Waals surface area contributed by atoms with Crippen molar-refractivity contribution >= 4 is 8.37 Å². The van der Waals surface area contributed by atoms with Crippen LogP contribution in [0.15, 0.2) is 0 Å². The second-order valence-electron chi connectivity index (χ2n) is 2.29. The number of rotatable bonds is 0. The highest BCUT2D eigenvalue weighted by Gasteiger charge is 2.25. The van der Waals surface area contributed by atoms with E-state index in [-0.39, 0.29) is 8.37 Å². The van der Waals surface area contributed by atoms with Crippen molar-refractivity contribution < 1.29 is 0 Å². The van der Waals surface area contributed by atoms with Crippen LogP contribution in [0.25, 0.3) is 0 Å². The number of hydrogen-bond donors (Lipinski definition) is 3. The number of fused-ring (bicyclic) bond motifs is 3. The van der Waals surface area contributed by atoms with E-state index >= 15 is 0 Å². The second kappa shape index (κ2) is 1.92. The zero-order valence-corrected chi connectivity index (χ0v) is 5.54. The summed E-state index contributed by atoms with van der Waals surface area (Å²) in [7, 11) is -0.154. The van der Waals surface area contributed by atoms with Crippen molar-refractivity contribution in [2.45, 2.75) is 0 Å². The molecule has 0 aliphatic carbocycles. The lowest BCUT2D eigenvalue weighted by Gasteiger charge is -2.37. The third-order valence-electron chi connectivity index (χ3n) is 1.61. The zero-order chi connectivity index (χ0) is 5.40. The number of nitrogens with one attached hydrogen (secondary N) is 3. The zero-order valence-electron chi connectivity index (χ0n) is 4.65. The van der Waals surface area contributed by atoms with Crippen LogP contribution < -0.4 is 15.3 Å². The summed E-state index contributed by atoms with van der Waals surface area (Å²) in [5.74, 6) is 0.836. The average molecular weight is 131 g/mol. The third kappa shape index (κ3) is 0.759. The van der Waals surface area contributed by atoms with E-state index in [1.807, 2.05) is 0 Å². The lowest BCUT2D eigenvalue weighted by Crippen LogP contribution is -2.50. The van der Waals surface area contributed by atoms with E-state index in [0.717, 1.165) is 5.92 Å². The minimum atomic E-state index is -0.154. The lowest BCUT2D eigenvalue weighted by atomic mass is 10.1. The Bertz CT molecular complexity index is 66.3. The minimum absolute atomic E-state index is 0.154. The Labute approximate surface area is 50.1 Å². The number of hydrogen-bond acceptors (Lipinski definition) is 3. The Morgan fingerprint density at radius 1 is 1.00 bits per heavy atom.